The molecule has 0 fully saturated rings. The second-order valence-corrected chi connectivity index (χ2v) is 6.82. The minimum absolute atomic E-state index is 0.256. The number of aromatic nitrogens is 2. The van der Waals surface area contributed by atoms with Crippen molar-refractivity contribution in [1.29, 1.82) is 0 Å². The van der Waals surface area contributed by atoms with E-state index in [1.54, 1.807) is 12.1 Å². The molecule has 0 amide bonds. The molecule has 1 N–H and O–H groups in total. The molecule has 112 valence electrons. The van der Waals surface area contributed by atoms with Gasteiger partial charge in [0.15, 0.2) is 0 Å². The van der Waals surface area contributed by atoms with E-state index in [0.717, 1.165) is 27.1 Å². The molecule has 0 unspecified atom stereocenters. The van der Waals surface area contributed by atoms with Crippen molar-refractivity contribution in [3.63, 3.8) is 0 Å². The molecule has 0 aliphatic heterocycles. The largest absolute Gasteiger partial charge is 0.373 e. The summed E-state index contributed by atoms with van der Waals surface area (Å²) in [4.78, 5) is 10.1. The average molecular weight is 342 g/mol. The fourth-order valence-corrected chi connectivity index (χ4v) is 3.19. The van der Waals surface area contributed by atoms with Gasteiger partial charge in [0.2, 0.25) is 0 Å². The van der Waals surface area contributed by atoms with E-state index in [-0.39, 0.29) is 5.92 Å². The van der Waals surface area contributed by atoms with Gasteiger partial charge in [-0.2, -0.15) is 0 Å². The zero-order chi connectivity index (χ0) is 15.6. The van der Waals surface area contributed by atoms with E-state index in [1.165, 1.54) is 11.8 Å². The minimum Gasteiger partial charge on any atom is -0.373 e. The van der Waals surface area contributed by atoms with Crippen molar-refractivity contribution in [3.8, 4) is 0 Å². The first kappa shape index (κ1) is 16.4. The van der Waals surface area contributed by atoms with Crippen LogP contribution in [-0.2, 0) is 0 Å². The van der Waals surface area contributed by atoms with Crippen LogP contribution in [-0.4, -0.2) is 17.0 Å². The Morgan fingerprint density at radius 2 is 1.90 bits per heavy atom. The Morgan fingerprint density at radius 3 is 2.52 bits per heavy atom. The molecule has 21 heavy (non-hydrogen) atoms. The molecular formula is C15H17Cl2N3S. The van der Waals surface area contributed by atoms with Gasteiger partial charge in [0.25, 0.3) is 0 Å². The maximum atomic E-state index is 6.24. The first-order valence-corrected chi connectivity index (χ1v) is 8.18. The van der Waals surface area contributed by atoms with Gasteiger partial charge in [0.05, 0.1) is 5.02 Å². The number of benzene rings is 1. The van der Waals surface area contributed by atoms with Gasteiger partial charge in [-0.05, 0) is 25.1 Å². The van der Waals surface area contributed by atoms with E-state index in [0.29, 0.717) is 10.0 Å². The third-order valence-corrected chi connectivity index (χ3v) is 4.80. The summed E-state index contributed by atoms with van der Waals surface area (Å²) < 4.78 is 0. The van der Waals surface area contributed by atoms with Crippen molar-refractivity contribution in [3.05, 3.63) is 39.6 Å². The van der Waals surface area contributed by atoms with Gasteiger partial charge < -0.3 is 5.32 Å². The molecule has 6 heteroatoms. The fourth-order valence-electron chi connectivity index (χ4n) is 1.77. The molecule has 3 nitrogen and oxygen atoms in total. The Labute approximate surface area is 139 Å². The van der Waals surface area contributed by atoms with Gasteiger partial charge in [0.1, 0.15) is 16.7 Å². The first-order valence-electron chi connectivity index (χ1n) is 6.61. The Bertz CT molecular complexity index is 660. The highest BCUT2D eigenvalue weighted by atomic mass is 35.5. The predicted octanol–water partition coefficient (Wildman–Crippen LogP) is 5.41. The molecule has 0 bridgehead atoms. The van der Waals surface area contributed by atoms with Crippen LogP contribution in [0.5, 0.6) is 0 Å². The maximum absolute atomic E-state index is 6.24. The van der Waals surface area contributed by atoms with Gasteiger partial charge in [-0.3, -0.25) is 0 Å². The van der Waals surface area contributed by atoms with Crippen LogP contribution in [0.4, 0.5) is 5.82 Å². The summed E-state index contributed by atoms with van der Waals surface area (Å²) in [6.07, 6.45) is 0. The Hall–Kier alpha value is -0.970. The summed E-state index contributed by atoms with van der Waals surface area (Å²) in [7, 11) is 1.86. The van der Waals surface area contributed by atoms with Crippen molar-refractivity contribution in [2.45, 2.75) is 36.6 Å². The van der Waals surface area contributed by atoms with Gasteiger partial charge in [-0.1, -0.05) is 48.8 Å². The zero-order valence-corrected chi connectivity index (χ0v) is 14.7. The van der Waals surface area contributed by atoms with E-state index >= 15 is 0 Å². The van der Waals surface area contributed by atoms with Crippen molar-refractivity contribution in [1.82, 2.24) is 9.97 Å². The molecular weight excluding hydrogens is 325 g/mol. The molecule has 0 spiro atoms. The number of nitrogens with one attached hydrogen (secondary N) is 1. The summed E-state index contributed by atoms with van der Waals surface area (Å²) in [5.41, 5.74) is 1.00. The lowest BCUT2D eigenvalue weighted by Gasteiger charge is -2.14. The van der Waals surface area contributed by atoms with Crippen LogP contribution >= 0.6 is 35.0 Å². The zero-order valence-electron chi connectivity index (χ0n) is 12.4. The predicted molar refractivity (Wildman–Crippen MR) is 91.0 cm³/mol. The summed E-state index contributed by atoms with van der Waals surface area (Å²) >= 11 is 13.8. The second kappa shape index (κ2) is 6.86. The van der Waals surface area contributed by atoms with Crippen LogP contribution in [0.3, 0.4) is 0 Å². The number of hydrogen-bond donors (Lipinski definition) is 1. The molecule has 1 heterocycles. The lowest BCUT2D eigenvalue weighted by molar-refractivity contribution is 0.750. The summed E-state index contributed by atoms with van der Waals surface area (Å²) in [5, 5.41) is 5.34. The molecule has 0 radical (unpaired) electrons. The molecule has 1 aromatic carbocycles. The standard InChI is InChI=1S/C15H17Cl2N3S/c1-8(2)13-19-14(18-4)9(3)15(20-13)21-12-7-10(16)5-6-11(12)17/h5-8H,1-4H3,(H,18,19,20). The Morgan fingerprint density at radius 1 is 1.19 bits per heavy atom. The van der Waals surface area contributed by atoms with E-state index in [9.17, 15) is 0 Å². The van der Waals surface area contributed by atoms with Gasteiger partial charge in [-0.25, -0.2) is 9.97 Å². The highest BCUT2D eigenvalue weighted by Crippen LogP contribution is 2.37. The SMILES string of the molecule is CNc1nc(C(C)C)nc(Sc2cc(Cl)ccc2Cl)c1C. The highest BCUT2D eigenvalue weighted by Gasteiger charge is 2.14. The highest BCUT2D eigenvalue weighted by molar-refractivity contribution is 7.99. The molecule has 0 saturated heterocycles. The lowest BCUT2D eigenvalue weighted by Crippen LogP contribution is -2.06. The number of halogens is 2. The number of rotatable bonds is 4. The monoisotopic (exact) mass is 341 g/mol. The van der Waals surface area contributed by atoms with Crippen molar-refractivity contribution in [2.75, 3.05) is 12.4 Å². The number of anilines is 1. The first-order chi connectivity index (χ1) is 9.92. The maximum Gasteiger partial charge on any atom is 0.134 e. The van der Waals surface area contributed by atoms with Crippen LogP contribution in [0.1, 0.15) is 31.2 Å². The van der Waals surface area contributed by atoms with Gasteiger partial charge in [0, 0.05) is 28.4 Å². The van der Waals surface area contributed by atoms with E-state index in [4.69, 9.17) is 23.2 Å². The fraction of sp³-hybridized carbons (Fsp3) is 0.333. The summed E-state index contributed by atoms with van der Waals surface area (Å²) in [6, 6.07) is 5.43. The molecule has 0 saturated carbocycles. The van der Waals surface area contributed by atoms with Crippen LogP contribution in [0.2, 0.25) is 10.0 Å². The van der Waals surface area contributed by atoms with Gasteiger partial charge >= 0.3 is 0 Å². The van der Waals surface area contributed by atoms with Crippen LogP contribution in [0.15, 0.2) is 28.1 Å². The molecule has 2 aromatic rings. The summed E-state index contributed by atoms with van der Waals surface area (Å²) in [6.45, 7) is 6.15. The number of hydrogen-bond acceptors (Lipinski definition) is 4. The number of nitrogens with zero attached hydrogens (tertiary/aromatic N) is 2. The van der Waals surface area contributed by atoms with Crippen molar-refractivity contribution < 1.29 is 0 Å². The average Bonchev–Trinajstić information content (AvgIpc) is 2.44. The molecule has 0 atom stereocenters. The van der Waals surface area contributed by atoms with Crippen LogP contribution < -0.4 is 5.32 Å². The minimum atomic E-state index is 0.256. The lowest BCUT2D eigenvalue weighted by atomic mass is 10.2. The van der Waals surface area contributed by atoms with E-state index < -0.39 is 0 Å². The summed E-state index contributed by atoms with van der Waals surface area (Å²) in [5.74, 6) is 1.91. The molecule has 0 aliphatic carbocycles. The van der Waals surface area contributed by atoms with Crippen molar-refractivity contribution in [2.24, 2.45) is 0 Å². The Kier molecular flexibility index (Phi) is 5.36. The van der Waals surface area contributed by atoms with Crippen molar-refractivity contribution >= 4 is 40.8 Å². The molecule has 1 aromatic heterocycles. The molecule has 0 aliphatic rings. The third-order valence-electron chi connectivity index (χ3n) is 2.97. The quantitative estimate of drug-likeness (QED) is 0.754. The normalized spacial score (nSPS) is 11.0. The smallest absolute Gasteiger partial charge is 0.134 e. The van der Waals surface area contributed by atoms with Crippen LogP contribution in [0, 0.1) is 6.92 Å². The van der Waals surface area contributed by atoms with Gasteiger partial charge in [-0.15, -0.1) is 0 Å². The third kappa shape index (κ3) is 3.82. The molecule has 2 rings (SSSR count). The second-order valence-electron chi connectivity index (χ2n) is 4.94. The topological polar surface area (TPSA) is 37.8 Å². The van der Waals surface area contributed by atoms with E-state index in [2.05, 4.69) is 29.1 Å². The van der Waals surface area contributed by atoms with E-state index in [1.807, 2.05) is 20.0 Å². The Balaban J connectivity index is 2.47. The van der Waals surface area contributed by atoms with Crippen LogP contribution in [0.25, 0.3) is 0 Å².